The van der Waals surface area contributed by atoms with Gasteiger partial charge in [0.15, 0.2) is 106 Å². The molecule has 19 heterocycles. The molecule has 7 aliphatic rings. The third-order valence-corrected chi connectivity index (χ3v) is 27.7. The zero-order chi connectivity index (χ0) is 92.9. The minimum absolute atomic E-state index is 0.0883. The van der Waals surface area contributed by atoms with Crippen LogP contribution in [0, 0.1) is 0 Å². The van der Waals surface area contributed by atoms with Crippen LogP contribution in [0.1, 0.15) is 37.4 Å². The van der Waals surface area contributed by atoms with Gasteiger partial charge in [-0.3, -0.25) is 81.7 Å². The Hall–Kier alpha value is -9.72. The van der Waals surface area contributed by atoms with Crippen LogP contribution in [0.2, 0.25) is 0 Å². The molecule has 7 fully saturated rings. The average Bonchev–Trinajstić information content (AvgIpc) is 1.62. The van der Waals surface area contributed by atoms with Crippen LogP contribution >= 0.6 is 46.9 Å². The summed E-state index contributed by atoms with van der Waals surface area (Å²) in [5.74, 6) is -1.21. The summed E-state index contributed by atoms with van der Waals surface area (Å²) >= 11 is 0. The number of fused-ring (bicyclic) bond motifs is 12. The van der Waals surface area contributed by atoms with Gasteiger partial charge in [0.1, 0.15) is 181 Å². The highest BCUT2D eigenvalue weighted by atomic mass is 31.2. The maximum atomic E-state index is 14.7. The molecule has 0 saturated carbocycles. The molecule has 30 atom stereocenters. The van der Waals surface area contributed by atoms with E-state index in [9.17, 15) is 87.4 Å². The highest BCUT2D eigenvalue weighted by Crippen LogP contribution is 2.59. The first-order chi connectivity index (χ1) is 62.8. The molecule has 132 heavy (non-hydrogen) atoms. The SMILES string of the molecule is Nc1ncnc2c1ncn2[C@@H]1O[C@@H]2COP(=O)(O)O[C@@H]3[C@@H](O)[C@@H](n4cnc5c(N)ncnc54)O[C@H]3COP(=O)(O)O[C@H]3[C@H](O)[C@H](n4cnc5c(N)ncnc54)O[C@@H]3COP(=O)(O)O[C@H]3[C@@H](O)[C@@H](n4cnc5c(N)ncnc54)O[C@@H]3COP(=O)(O)O[C@H]3[C@@H](O)[C@@H](n4cnc5c(N)ncnc54)O[C@@H]3COP(=O)(O)O[C@@H]3[C@@H](O)[C@@H](n4cnc5c(N)ncnc54)O[C@H]3COP(=O)(O)O[C@H]2[C@@H]1O. The van der Waals surface area contributed by atoms with Gasteiger partial charge in [0.25, 0.3) is 0 Å². The Labute approximate surface area is 730 Å². The van der Waals surface area contributed by atoms with Crippen molar-refractivity contribution < 1.29 is 170 Å². The van der Waals surface area contributed by atoms with Gasteiger partial charge in [-0.2, -0.15) is 0 Å². The molecule has 0 bridgehead atoms. The maximum Gasteiger partial charge on any atom is 0.472 e. The fraction of sp³-hybridized carbons (Fsp3) is 0.500. The predicted octanol–water partition coefficient (Wildman–Crippen LogP) is -4.90. The van der Waals surface area contributed by atoms with Gasteiger partial charge in [-0.25, -0.2) is 117 Å². The fourth-order valence-electron chi connectivity index (χ4n) is 15.7. The summed E-state index contributed by atoms with van der Waals surface area (Å²) < 4.78 is 198. The number of rotatable bonds is 6. The second-order valence-corrected chi connectivity index (χ2v) is 38.3. The van der Waals surface area contributed by atoms with Crippen molar-refractivity contribution in [3.63, 3.8) is 0 Å². The smallest absolute Gasteiger partial charge is 0.386 e. The second kappa shape index (κ2) is 34.9. The highest BCUT2D eigenvalue weighted by Gasteiger charge is 2.59. The van der Waals surface area contributed by atoms with E-state index in [-0.39, 0.29) is 102 Å². The number of anilines is 6. The summed E-state index contributed by atoms with van der Waals surface area (Å²) in [6.45, 7) is -8.19. The van der Waals surface area contributed by atoms with Gasteiger partial charge in [-0.15, -0.1) is 0 Å². The zero-order valence-electron chi connectivity index (χ0n) is 66.1. The van der Waals surface area contributed by atoms with Crippen LogP contribution in [0.5, 0.6) is 0 Å². The number of aliphatic hydroxyl groups excluding tert-OH is 6. The molecule has 72 heteroatoms. The Morgan fingerprint density at radius 3 is 0.508 bits per heavy atom. The van der Waals surface area contributed by atoms with Gasteiger partial charge < -0.3 is 123 Å². The minimum atomic E-state index is -5.95. The van der Waals surface area contributed by atoms with Crippen molar-refractivity contribution >= 4 is 149 Å². The quantitative estimate of drug-likeness (QED) is 0.0694. The number of imidazole rings is 6. The fourth-order valence-corrected chi connectivity index (χ4v) is 21.5. The third-order valence-electron chi connectivity index (χ3n) is 21.8. The van der Waals surface area contributed by atoms with E-state index in [0.717, 1.165) is 103 Å². The summed E-state index contributed by atoms with van der Waals surface area (Å²) in [4.78, 5) is 144. The van der Waals surface area contributed by atoms with Crippen LogP contribution in [-0.4, -0.2) is 327 Å². The molecule has 7 aliphatic heterocycles. The summed E-state index contributed by atoms with van der Waals surface area (Å²) in [6, 6.07) is 0. The van der Waals surface area contributed by atoms with Crippen molar-refractivity contribution in [1.29, 1.82) is 0 Å². The van der Waals surface area contributed by atoms with Crippen molar-refractivity contribution in [2.45, 2.75) is 147 Å². The van der Waals surface area contributed by atoms with Crippen LogP contribution in [0.3, 0.4) is 0 Å². The topological polar surface area (TPSA) is 929 Å². The summed E-state index contributed by atoms with van der Waals surface area (Å²) in [7, 11) is -35.7. The number of aliphatic hydroxyl groups is 6. The maximum absolute atomic E-state index is 14.7. The molecule has 7 saturated heterocycles. The molecule has 19 rings (SSSR count). The zero-order valence-corrected chi connectivity index (χ0v) is 71.4. The van der Waals surface area contributed by atoms with E-state index in [1.54, 1.807) is 0 Å². The van der Waals surface area contributed by atoms with Crippen LogP contribution in [-0.2, 0) is 110 Å². The monoisotopic (exact) mass is 1970 g/mol. The lowest BCUT2D eigenvalue weighted by atomic mass is 10.1. The number of aromatic nitrogens is 24. The summed E-state index contributed by atoms with van der Waals surface area (Å²) in [5, 5.41) is 73.6. The van der Waals surface area contributed by atoms with Gasteiger partial charge in [-0.05, 0) is 0 Å². The molecule has 6 unspecified atom stereocenters. The van der Waals surface area contributed by atoms with E-state index < -0.39 is 234 Å². The number of nitrogens with two attached hydrogens (primary N) is 6. The average molecular weight is 1980 g/mol. The normalized spacial score (nSPS) is 38.3. The predicted molar refractivity (Wildman–Crippen MR) is 422 cm³/mol. The molecule has 66 nitrogen and oxygen atoms in total. The highest BCUT2D eigenvalue weighted by molar-refractivity contribution is 7.48. The number of phosphoric ester groups is 6. The Balaban J connectivity index is 0.672. The molecule has 0 aromatic carbocycles. The largest absolute Gasteiger partial charge is 0.472 e. The third kappa shape index (κ3) is 17.3. The lowest BCUT2D eigenvalue weighted by Crippen LogP contribution is -2.39. The summed E-state index contributed by atoms with van der Waals surface area (Å²) in [6.07, 6.45) is -39.1. The number of hydrogen-bond donors (Lipinski definition) is 18. The molecule has 0 aliphatic carbocycles. The van der Waals surface area contributed by atoms with Gasteiger partial charge in [0.2, 0.25) is 0 Å². The molecule has 12 aromatic rings. The van der Waals surface area contributed by atoms with E-state index in [0.29, 0.717) is 0 Å². The van der Waals surface area contributed by atoms with Crippen LogP contribution < -0.4 is 34.4 Å². The minimum Gasteiger partial charge on any atom is -0.386 e. The second-order valence-electron chi connectivity index (χ2n) is 29.8. The molecule has 12 aromatic heterocycles. The molecular weight excluding hydrogens is 1900 g/mol. The van der Waals surface area contributed by atoms with Crippen LogP contribution in [0.4, 0.5) is 34.9 Å². The van der Waals surface area contributed by atoms with Gasteiger partial charge >= 0.3 is 46.9 Å². The first kappa shape index (κ1) is 91.4. The number of phosphoric acid groups is 6. The Morgan fingerprint density at radius 1 is 0.235 bits per heavy atom. The van der Waals surface area contributed by atoms with Crippen molar-refractivity contribution in [3.8, 4) is 0 Å². The molecule has 24 N–H and O–H groups in total. The van der Waals surface area contributed by atoms with Crippen molar-refractivity contribution in [3.05, 3.63) is 75.9 Å². The van der Waals surface area contributed by atoms with Gasteiger partial charge in [0.05, 0.1) is 77.6 Å². The first-order valence-corrected chi connectivity index (χ1v) is 47.3. The Kier molecular flexibility index (Phi) is 24.2. The first-order valence-electron chi connectivity index (χ1n) is 38.3. The van der Waals surface area contributed by atoms with E-state index >= 15 is 0 Å². The number of ether oxygens (including phenoxy) is 6. The van der Waals surface area contributed by atoms with Crippen molar-refractivity contribution in [1.82, 2.24) is 117 Å². The lowest BCUT2D eigenvalue weighted by molar-refractivity contribution is -0.0661. The van der Waals surface area contributed by atoms with Crippen molar-refractivity contribution in [2.75, 3.05) is 74.0 Å². The van der Waals surface area contributed by atoms with E-state index in [1.807, 2.05) is 0 Å². The molecule has 708 valence electrons. The van der Waals surface area contributed by atoms with Gasteiger partial charge in [0, 0.05) is 0 Å². The van der Waals surface area contributed by atoms with E-state index in [2.05, 4.69) is 89.7 Å². The molecule has 0 radical (unpaired) electrons. The number of nitrogen functional groups attached to an aromatic ring is 6. The molecule has 0 spiro atoms. The van der Waals surface area contributed by atoms with E-state index in [1.165, 1.54) is 0 Å². The van der Waals surface area contributed by atoms with Crippen LogP contribution in [0.15, 0.2) is 75.9 Å². The van der Waals surface area contributed by atoms with Gasteiger partial charge in [-0.1, -0.05) is 0 Å². The van der Waals surface area contributed by atoms with E-state index in [4.69, 9.17) is 117 Å². The summed E-state index contributed by atoms with van der Waals surface area (Å²) in [5.41, 5.74) is 35.0. The number of hydrogen-bond acceptors (Lipinski definition) is 54. The van der Waals surface area contributed by atoms with Crippen molar-refractivity contribution in [2.24, 2.45) is 0 Å². The molecule has 0 amide bonds. The molecular formula is C60H72N30O36P6. The standard InChI is InChI=1S/C60H72N30O36P6/c61-43-25-49(73-7-67-43)85(13-79-25)55-31(91)37-19(115-55)1-109-127(97,98)122-38-20(116-56(32(38)92)86-14-80-26-44(62)68-8-74-50(26)86)2-111-129(101,102)124-40-22(118-58(34(40)94)88-16-82-28-46(64)70-10-76-52(28)88)4-113-131(105,106)126-42-24(120-60(36(42)96)90-18-84-30-48(66)72-12-78-54(30)90)6-114-132(107,108)125-41-23(119-59(35(41)95)89-17-83-29-47(65)71-11-77-53(29)89)5-112-130(103,104)123-39-21(3-110-128(99,100)121-37)117-57(33(39)93)87-15-81-27-45(63)69-9-75-51(27)87/h7-24,31-42,55-60,91-96H,1-6H2,(H,97,98)(H,99,100)(H,101,102)(H,103,104)(H,105,106)(H,107,108)(H2,61,67,73)(H2,62,68,74)(H2,63,69,75)(H2,64,70,76)(H2,65,71,77)(H2,66,72,78)/t19-,20-,21-,22+,23+,24-,31-,32-,33+,34-,35-,36+,37-,38-,39-,40+,41+,42-,55+,56+,57-,58+,59+,60-/m1/s1. The lowest BCUT2D eigenvalue weighted by Gasteiger charge is -2.27. The number of nitrogens with zero attached hydrogens (tertiary/aromatic N) is 24. The Bertz CT molecular complexity index is 5700. The van der Waals surface area contributed by atoms with Crippen LogP contribution in [0.25, 0.3) is 67.0 Å². The Morgan fingerprint density at radius 2 is 0.371 bits per heavy atom.